The number of pyridine rings is 1. The molecule has 2 aromatic rings. The third-order valence-corrected chi connectivity index (χ3v) is 8.20. The molecule has 3 aliphatic heterocycles. The predicted molar refractivity (Wildman–Crippen MR) is 149 cm³/mol. The van der Waals surface area contributed by atoms with Crippen molar-refractivity contribution in [1.29, 1.82) is 0 Å². The summed E-state index contributed by atoms with van der Waals surface area (Å²) in [5.74, 6) is -5.08. The Bertz CT molecular complexity index is 1640. The number of ether oxygens (including phenoxy) is 2. The molecule has 1 fully saturated rings. The van der Waals surface area contributed by atoms with E-state index in [4.69, 9.17) is 9.57 Å². The van der Waals surface area contributed by atoms with Crippen molar-refractivity contribution in [2.24, 2.45) is 5.16 Å². The minimum Gasteiger partial charge on any atom is -0.453 e. The van der Waals surface area contributed by atoms with Gasteiger partial charge < -0.3 is 34.4 Å². The van der Waals surface area contributed by atoms with Crippen molar-refractivity contribution in [3.8, 4) is 5.75 Å². The van der Waals surface area contributed by atoms with Gasteiger partial charge >= 0.3 is 12.1 Å². The number of hydrogen-bond donors (Lipinski definition) is 2. The number of alkyl carbamates (subject to hydrolysis) is 1. The van der Waals surface area contributed by atoms with Crippen LogP contribution in [0.25, 0.3) is 0 Å². The van der Waals surface area contributed by atoms with Crippen molar-refractivity contribution in [3.63, 3.8) is 0 Å². The zero-order chi connectivity index (χ0) is 31.9. The molecule has 2 N–H and O–H groups in total. The molecule has 0 saturated carbocycles. The van der Waals surface area contributed by atoms with E-state index < -0.39 is 76.5 Å². The van der Waals surface area contributed by atoms with Gasteiger partial charge in [-0.2, -0.15) is 0 Å². The van der Waals surface area contributed by atoms with Crippen molar-refractivity contribution in [3.05, 3.63) is 63.1 Å². The number of nitrogens with zero attached hydrogens (tertiary/aromatic N) is 3. The van der Waals surface area contributed by atoms with E-state index in [9.17, 15) is 32.8 Å². The molecule has 3 amide bonds. The lowest BCUT2D eigenvalue weighted by atomic mass is 9.84. The molecule has 15 heteroatoms. The Morgan fingerprint density at radius 3 is 2.66 bits per heavy atom. The van der Waals surface area contributed by atoms with Gasteiger partial charge in [-0.25, -0.2) is 18.4 Å². The van der Waals surface area contributed by atoms with E-state index in [1.807, 2.05) is 6.92 Å². The van der Waals surface area contributed by atoms with Crippen LogP contribution in [-0.2, 0) is 20.9 Å². The summed E-state index contributed by atoms with van der Waals surface area (Å²) in [4.78, 5) is 73.4. The van der Waals surface area contributed by atoms with Crippen molar-refractivity contribution >= 4 is 29.6 Å². The number of hydrogen-bond acceptors (Lipinski definition) is 9. The normalized spacial score (nSPS) is 22.7. The maximum absolute atomic E-state index is 14.2. The topological polar surface area (TPSA) is 158 Å². The fourth-order valence-electron chi connectivity index (χ4n) is 5.79. The lowest BCUT2D eigenvalue weighted by Crippen LogP contribution is -2.53. The number of aromatic nitrogens is 1. The summed E-state index contributed by atoms with van der Waals surface area (Å²) in [6, 6.07) is 0.612. The van der Waals surface area contributed by atoms with Crippen LogP contribution in [0.2, 0.25) is 0 Å². The zero-order valence-corrected chi connectivity index (χ0v) is 24.4. The molecule has 1 aromatic carbocycles. The lowest BCUT2D eigenvalue weighted by Gasteiger charge is -2.42. The summed E-state index contributed by atoms with van der Waals surface area (Å²) < 4.78 is 39.0. The molecule has 5 rings (SSSR count). The summed E-state index contributed by atoms with van der Waals surface area (Å²) in [7, 11) is 1.10. The second-order valence-corrected chi connectivity index (χ2v) is 11.2. The maximum Gasteiger partial charge on any atom is 0.407 e. The number of nitrogens with one attached hydrogen (secondary N) is 2. The van der Waals surface area contributed by atoms with Crippen molar-refractivity contribution in [1.82, 2.24) is 20.1 Å². The number of esters is 1. The van der Waals surface area contributed by atoms with E-state index >= 15 is 0 Å². The quantitative estimate of drug-likeness (QED) is 0.469. The van der Waals surface area contributed by atoms with E-state index in [0.717, 1.165) is 25.0 Å². The minimum absolute atomic E-state index is 0.0401. The average Bonchev–Trinajstić information content (AvgIpc) is 3.31. The average molecular weight is 616 g/mol. The second-order valence-electron chi connectivity index (χ2n) is 11.2. The predicted octanol–water partition coefficient (Wildman–Crippen LogP) is 2.42. The fourth-order valence-corrected chi connectivity index (χ4v) is 5.79. The monoisotopic (exact) mass is 615 g/mol. The van der Waals surface area contributed by atoms with E-state index in [-0.39, 0.29) is 23.8 Å². The molecule has 1 spiro atoms. The van der Waals surface area contributed by atoms with Gasteiger partial charge in [0.1, 0.15) is 23.2 Å². The molecule has 1 aromatic heterocycles. The van der Waals surface area contributed by atoms with Crippen LogP contribution in [0, 0.1) is 11.6 Å². The van der Waals surface area contributed by atoms with E-state index in [0.29, 0.717) is 25.3 Å². The van der Waals surface area contributed by atoms with E-state index in [2.05, 4.69) is 20.5 Å². The number of carbonyl (C=O) groups excluding carboxylic acids is 4. The van der Waals surface area contributed by atoms with Gasteiger partial charge in [0, 0.05) is 43.4 Å². The Labute approximate surface area is 250 Å². The second kappa shape index (κ2) is 11.7. The molecule has 0 unspecified atom stereocenters. The standard InChI is InChI=1S/C29H31F2N5O8/c1-14-10-29(44-34-14)8-7-15(2)35-13-21(29)36-12-19(25(38)32-11-17-5-6-18(30)9-20(17)31)23(37)24(22(36)26(35)39)43-27(40)16(3)33-28(41)42-4/h5-6,9,12,15-16,21H,7-8,10-11,13H2,1-4H3,(H,32,38)(H,33,41)/t15-,16-,21+,29-/m0/s1. The van der Waals surface area contributed by atoms with Crippen LogP contribution in [0.1, 0.15) is 72.5 Å². The van der Waals surface area contributed by atoms with Crippen molar-refractivity contribution in [2.45, 2.75) is 70.3 Å². The Kier molecular flexibility index (Phi) is 8.14. The molecule has 4 heterocycles. The Morgan fingerprint density at radius 1 is 1.25 bits per heavy atom. The molecule has 44 heavy (non-hydrogen) atoms. The number of benzene rings is 1. The third kappa shape index (κ3) is 5.49. The van der Waals surface area contributed by atoms with Crippen molar-refractivity contribution in [2.75, 3.05) is 13.7 Å². The molecule has 13 nitrogen and oxygen atoms in total. The maximum atomic E-state index is 14.2. The van der Waals surface area contributed by atoms with Crippen LogP contribution in [0.3, 0.4) is 0 Å². The number of fused-ring (bicyclic) bond motifs is 5. The summed E-state index contributed by atoms with van der Waals surface area (Å²) >= 11 is 0. The third-order valence-electron chi connectivity index (χ3n) is 8.20. The van der Waals surface area contributed by atoms with Gasteiger partial charge in [-0.15, -0.1) is 0 Å². The molecule has 2 bridgehead atoms. The first-order chi connectivity index (χ1) is 20.8. The number of amides is 3. The van der Waals surface area contributed by atoms with Gasteiger partial charge in [0.05, 0.1) is 18.9 Å². The summed E-state index contributed by atoms with van der Waals surface area (Å²) in [6.45, 7) is 4.71. The number of rotatable bonds is 6. The zero-order valence-electron chi connectivity index (χ0n) is 24.4. The molecule has 0 radical (unpaired) electrons. The summed E-state index contributed by atoms with van der Waals surface area (Å²) in [5, 5.41) is 8.83. The molecule has 3 aliphatic rings. The minimum atomic E-state index is -1.30. The fraction of sp³-hybridized carbons (Fsp3) is 0.448. The Morgan fingerprint density at radius 2 is 2.00 bits per heavy atom. The van der Waals surface area contributed by atoms with Crippen LogP contribution >= 0.6 is 0 Å². The smallest absolute Gasteiger partial charge is 0.407 e. The lowest BCUT2D eigenvalue weighted by molar-refractivity contribution is -0.136. The largest absolute Gasteiger partial charge is 0.453 e. The Balaban J connectivity index is 1.61. The van der Waals surface area contributed by atoms with Crippen LogP contribution < -0.4 is 20.8 Å². The molecular formula is C29H31F2N5O8. The van der Waals surface area contributed by atoms with Crippen LogP contribution in [-0.4, -0.2) is 70.4 Å². The van der Waals surface area contributed by atoms with E-state index in [1.165, 1.54) is 17.7 Å². The summed E-state index contributed by atoms with van der Waals surface area (Å²) in [5.41, 5.74) is -2.10. The van der Waals surface area contributed by atoms with Gasteiger partial charge in [-0.3, -0.25) is 14.4 Å². The highest BCUT2D eigenvalue weighted by atomic mass is 19.1. The molecule has 4 atom stereocenters. The highest BCUT2D eigenvalue weighted by Crippen LogP contribution is 2.46. The number of oxime groups is 1. The first kappa shape index (κ1) is 30.6. The van der Waals surface area contributed by atoms with E-state index in [1.54, 1.807) is 11.8 Å². The molecule has 234 valence electrons. The number of carbonyl (C=O) groups is 4. The SMILES string of the molecule is COC(=O)N[C@@H](C)C(=O)Oc1c2n(cc(C(=O)NCc3ccc(F)cc3F)c1=O)[C@@H]1CN(C2=O)[C@@H](C)CC[C@]12CC(C)=NO2. The van der Waals surface area contributed by atoms with Crippen LogP contribution in [0.5, 0.6) is 5.75 Å². The molecular weight excluding hydrogens is 584 g/mol. The van der Waals surface area contributed by atoms with Gasteiger partial charge in [-0.05, 0) is 39.7 Å². The number of methoxy groups -OCH3 is 1. The van der Waals surface area contributed by atoms with Gasteiger partial charge in [0.2, 0.25) is 11.2 Å². The van der Waals surface area contributed by atoms with Gasteiger partial charge in [-0.1, -0.05) is 11.2 Å². The van der Waals surface area contributed by atoms with Crippen LogP contribution in [0.4, 0.5) is 13.6 Å². The highest BCUT2D eigenvalue weighted by molar-refractivity contribution is 6.00. The van der Waals surface area contributed by atoms with Gasteiger partial charge in [0.15, 0.2) is 11.3 Å². The number of halogens is 2. The first-order valence-corrected chi connectivity index (χ1v) is 13.9. The van der Waals surface area contributed by atoms with Gasteiger partial charge in [0.25, 0.3) is 11.8 Å². The van der Waals surface area contributed by atoms with Crippen LogP contribution in [0.15, 0.2) is 34.3 Å². The highest BCUT2D eigenvalue weighted by Gasteiger charge is 2.54. The van der Waals surface area contributed by atoms with Crippen molar-refractivity contribution < 1.29 is 42.3 Å². The molecule has 0 aliphatic carbocycles. The first-order valence-electron chi connectivity index (χ1n) is 13.9. The molecule has 1 saturated heterocycles. The summed E-state index contributed by atoms with van der Waals surface area (Å²) in [6.07, 6.45) is 1.73. The Hall–Kier alpha value is -4.82.